The molecule has 3 aromatic carbocycles. The van der Waals surface area contributed by atoms with E-state index in [0.29, 0.717) is 22.6 Å². The van der Waals surface area contributed by atoms with E-state index >= 15 is 0 Å². The van der Waals surface area contributed by atoms with Crippen molar-refractivity contribution in [1.82, 2.24) is 0 Å². The third kappa shape index (κ3) is 5.23. The molecule has 0 unspecified atom stereocenters. The Labute approximate surface area is 211 Å². The average Bonchev–Trinajstić information content (AvgIpc) is 3.10. The molecule has 7 nitrogen and oxygen atoms in total. The van der Waals surface area contributed by atoms with Crippen LogP contribution in [0.1, 0.15) is 23.7 Å². The number of thiocarbonyl (C=S) groups is 1. The molecule has 36 heavy (non-hydrogen) atoms. The number of ether oxygens (including phenoxy) is 1. The Balaban J connectivity index is 1.62. The van der Waals surface area contributed by atoms with Crippen LogP contribution < -0.4 is 15.1 Å². The van der Waals surface area contributed by atoms with E-state index in [4.69, 9.17) is 17.0 Å². The highest BCUT2D eigenvalue weighted by atomic mass is 32.1. The van der Waals surface area contributed by atoms with Crippen LogP contribution in [0.5, 0.6) is 0 Å². The second kappa shape index (κ2) is 10.6. The third-order valence-electron chi connectivity index (χ3n) is 5.46. The van der Waals surface area contributed by atoms with Crippen LogP contribution in [0.25, 0.3) is 0 Å². The third-order valence-corrected chi connectivity index (χ3v) is 5.84. The number of carbonyl (C=O) groups excluding carboxylic acids is 3. The van der Waals surface area contributed by atoms with Gasteiger partial charge >= 0.3 is 5.97 Å². The van der Waals surface area contributed by atoms with Gasteiger partial charge in [-0.1, -0.05) is 0 Å². The molecule has 2 amide bonds. The molecule has 184 valence electrons. The number of nitrogens with one attached hydrogen (secondary N) is 1. The van der Waals surface area contributed by atoms with Crippen molar-refractivity contribution in [3.05, 3.63) is 90.0 Å². The predicted octanol–water partition coefficient (Wildman–Crippen LogP) is 4.68. The molecule has 0 radical (unpaired) electrons. The van der Waals surface area contributed by atoms with Crippen LogP contribution in [0.2, 0.25) is 0 Å². The number of hydrogen-bond donors (Lipinski definition) is 1. The maximum Gasteiger partial charge on any atom is 0.338 e. The number of anilines is 3. The van der Waals surface area contributed by atoms with Crippen molar-refractivity contribution in [3.8, 4) is 0 Å². The summed E-state index contributed by atoms with van der Waals surface area (Å²) in [6, 6.07) is 15.7. The van der Waals surface area contributed by atoms with Crippen molar-refractivity contribution < 1.29 is 27.9 Å². The second-order valence-corrected chi connectivity index (χ2v) is 8.21. The Morgan fingerprint density at radius 2 is 1.47 bits per heavy atom. The summed E-state index contributed by atoms with van der Waals surface area (Å²) < 4.78 is 31.7. The molecular formula is C26H21F2N3O4S. The molecule has 0 spiro atoms. The number of amides is 2. The Hall–Kier alpha value is -4.18. The zero-order chi connectivity index (χ0) is 25.8. The maximum absolute atomic E-state index is 13.6. The first-order valence-electron chi connectivity index (χ1n) is 11.0. The van der Waals surface area contributed by atoms with Gasteiger partial charge < -0.3 is 15.0 Å². The molecule has 1 aliphatic heterocycles. The van der Waals surface area contributed by atoms with E-state index in [2.05, 4.69) is 5.32 Å². The van der Waals surface area contributed by atoms with Gasteiger partial charge in [0.05, 0.1) is 24.3 Å². The van der Waals surface area contributed by atoms with Gasteiger partial charge in [-0.2, -0.15) is 0 Å². The van der Waals surface area contributed by atoms with Gasteiger partial charge in [-0.25, -0.2) is 13.6 Å². The molecule has 10 heteroatoms. The Kier molecular flexibility index (Phi) is 7.35. The lowest BCUT2D eigenvalue weighted by Crippen LogP contribution is -2.38. The van der Waals surface area contributed by atoms with E-state index < -0.39 is 35.5 Å². The second-order valence-electron chi connectivity index (χ2n) is 7.84. The van der Waals surface area contributed by atoms with Gasteiger partial charge in [0.15, 0.2) is 5.11 Å². The summed E-state index contributed by atoms with van der Waals surface area (Å²) in [5.41, 5.74) is 1.50. The van der Waals surface area contributed by atoms with Gasteiger partial charge in [0.2, 0.25) is 5.91 Å². The van der Waals surface area contributed by atoms with Crippen molar-refractivity contribution in [2.24, 2.45) is 0 Å². The van der Waals surface area contributed by atoms with Gasteiger partial charge in [0.25, 0.3) is 5.91 Å². The van der Waals surface area contributed by atoms with Gasteiger partial charge in [-0.3, -0.25) is 14.5 Å². The fourth-order valence-corrected chi connectivity index (χ4v) is 4.21. The van der Waals surface area contributed by atoms with E-state index in [0.717, 1.165) is 0 Å². The molecule has 1 aliphatic rings. The quantitative estimate of drug-likeness (QED) is 0.368. The monoisotopic (exact) mass is 509 g/mol. The molecule has 0 saturated carbocycles. The lowest BCUT2D eigenvalue weighted by Gasteiger charge is -2.24. The summed E-state index contributed by atoms with van der Waals surface area (Å²) >= 11 is 5.61. The van der Waals surface area contributed by atoms with Crippen molar-refractivity contribution in [3.63, 3.8) is 0 Å². The lowest BCUT2D eigenvalue weighted by atomic mass is 10.1. The highest BCUT2D eigenvalue weighted by Gasteiger charge is 2.45. The zero-order valence-corrected chi connectivity index (χ0v) is 19.9. The van der Waals surface area contributed by atoms with E-state index in [1.54, 1.807) is 19.1 Å². The highest BCUT2D eigenvalue weighted by Crippen LogP contribution is 2.32. The number of halogens is 2. The van der Waals surface area contributed by atoms with Crippen LogP contribution >= 0.6 is 12.2 Å². The number of esters is 1. The predicted molar refractivity (Wildman–Crippen MR) is 135 cm³/mol. The summed E-state index contributed by atoms with van der Waals surface area (Å²) in [5.74, 6) is -2.37. The summed E-state index contributed by atoms with van der Waals surface area (Å²) in [5, 5.41) is 2.73. The first-order chi connectivity index (χ1) is 17.3. The molecule has 1 atom stereocenters. The molecule has 1 fully saturated rings. The van der Waals surface area contributed by atoms with Crippen LogP contribution in [0, 0.1) is 11.6 Å². The van der Waals surface area contributed by atoms with Crippen LogP contribution in [0.15, 0.2) is 72.8 Å². The van der Waals surface area contributed by atoms with Crippen molar-refractivity contribution >= 4 is 52.2 Å². The van der Waals surface area contributed by atoms with Gasteiger partial charge in [0, 0.05) is 11.4 Å². The van der Waals surface area contributed by atoms with Crippen LogP contribution in [-0.2, 0) is 14.3 Å². The molecule has 3 aromatic rings. The molecular weight excluding hydrogens is 488 g/mol. The molecule has 0 aliphatic carbocycles. The Morgan fingerprint density at radius 1 is 0.917 bits per heavy atom. The Bertz CT molecular complexity index is 1300. The summed E-state index contributed by atoms with van der Waals surface area (Å²) in [7, 11) is 0. The number of hydrogen-bond acceptors (Lipinski definition) is 5. The molecule has 0 bridgehead atoms. The molecule has 1 heterocycles. The molecule has 0 aromatic heterocycles. The normalized spacial score (nSPS) is 15.2. The summed E-state index contributed by atoms with van der Waals surface area (Å²) in [6.45, 7) is 1.92. The number of carbonyl (C=O) groups is 3. The SMILES string of the molecule is CCOC(=O)c1ccc(N2C(=O)[C@H](CC(=O)Nc3ccc(F)cc3)N(c3ccc(F)cc3)C2=S)cc1. The minimum Gasteiger partial charge on any atom is -0.462 e. The fourth-order valence-electron chi connectivity index (χ4n) is 3.78. The van der Waals surface area contributed by atoms with E-state index in [1.165, 1.54) is 70.5 Å². The molecule has 1 N–H and O–H groups in total. The number of nitrogens with zero attached hydrogens (tertiary/aromatic N) is 2. The van der Waals surface area contributed by atoms with Crippen LogP contribution in [0.3, 0.4) is 0 Å². The zero-order valence-electron chi connectivity index (χ0n) is 19.1. The van der Waals surface area contributed by atoms with E-state index in [-0.39, 0.29) is 18.1 Å². The summed E-state index contributed by atoms with van der Waals surface area (Å²) in [4.78, 5) is 41.1. The van der Waals surface area contributed by atoms with Crippen molar-refractivity contribution in [2.75, 3.05) is 21.7 Å². The molecule has 1 saturated heterocycles. The van der Waals surface area contributed by atoms with Gasteiger partial charge in [0.1, 0.15) is 17.7 Å². The highest BCUT2D eigenvalue weighted by molar-refractivity contribution is 7.81. The average molecular weight is 510 g/mol. The van der Waals surface area contributed by atoms with Crippen LogP contribution in [0.4, 0.5) is 25.8 Å². The van der Waals surface area contributed by atoms with Crippen molar-refractivity contribution in [2.45, 2.75) is 19.4 Å². The molecule has 4 rings (SSSR count). The smallest absolute Gasteiger partial charge is 0.338 e. The minimum atomic E-state index is -1.02. The topological polar surface area (TPSA) is 78.9 Å². The Morgan fingerprint density at radius 3 is 2.06 bits per heavy atom. The maximum atomic E-state index is 13.6. The standard InChI is InChI=1S/C26H21F2N3O4S/c1-2-35-25(34)16-3-11-21(12-4-16)31-24(33)22(15-23(32)29-19-9-5-17(27)6-10-19)30(26(31)36)20-13-7-18(28)8-14-20/h3-14,22H,2,15H2,1H3,(H,29,32)/t22-/m0/s1. The van der Waals surface area contributed by atoms with Gasteiger partial charge in [-0.05, 0) is 91.9 Å². The lowest BCUT2D eigenvalue weighted by molar-refractivity contribution is -0.122. The van der Waals surface area contributed by atoms with Crippen molar-refractivity contribution in [1.29, 1.82) is 0 Å². The largest absolute Gasteiger partial charge is 0.462 e. The number of benzene rings is 3. The van der Waals surface area contributed by atoms with Gasteiger partial charge in [-0.15, -0.1) is 0 Å². The summed E-state index contributed by atoms with van der Waals surface area (Å²) in [6.07, 6.45) is -0.273. The fraction of sp³-hybridized carbons (Fsp3) is 0.154. The number of rotatable bonds is 7. The van der Waals surface area contributed by atoms with E-state index in [1.807, 2.05) is 0 Å². The minimum absolute atomic E-state index is 0.0927. The van der Waals surface area contributed by atoms with E-state index in [9.17, 15) is 23.2 Å². The first kappa shape index (κ1) is 24.9. The first-order valence-corrected chi connectivity index (χ1v) is 11.4. The van der Waals surface area contributed by atoms with Crippen LogP contribution in [-0.4, -0.2) is 35.5 Å².